The van der Waals surface area contributed by atoms with Crippen molar-refractivity contribution in [2.24, 2.45) is 0 Å². The molecule has 0 amide bonds. The van der Waals surface area contributed by atoms with E-state index in [1.807, 2.05) is 48.5 Å². The number of aryl methyl sites for hydroxylation is 1. The Morgan fingerprint density at radius 3 is 2.47 bits per heavy atom. The summed E-state index contributed by atoms with van der Waals surface area (Å²) >= 11 is 0. The van der Waals surface area contributed by atoms with Crippen LogP contribution in [0.25, 0.3) is 11.1 Å². The zero-order chi connectivity index (χ0) is 12.1. The van der Waals surface area contributed by atoms with E-state index in [2.05, 4.69) is 6.58 Å². The van der Waals surface area contributed by atoms with Crippen molar-refractivity contribution < 1.29 is 4.39 Å². The molecule has 0 saturated carbocycles. The van der Waals surface area contributed by atoms with Gasteiger partial charge in [0.1, 0.15) is 5.82 Å². The van der Waals surface area contributed by atoms with Gasteiger partial charge in [-0.2, -0.15) is 0 Å². The predicted molar refractivity (Wildman–Crippen MR) is 70.4 cm³/mol. The summed E-state index contributed by atoms with van der Waals surface area (Å²) in [7, 11) is 0. The maximum Gasteiger partial charge on any atom is 0.126 e. The lowest BCUT2D eigenvalue weighted by atomic mass is 10.0. The summed E-state index contributed by atoms with van der Waals surface area (Å²) in [6.07, 6.45) is 3.32. The lowest BCUT2D eigenvalue weighted by Gasteiger charge is -2.06. The first-order valence-corrected chi connectivity index (χ1v) is 5.76. The first kappa shape index (κ1) is 11.6. The Bertz CT molecular complexity index is 500. The molecule has 0 unspecified atom stereocenters. The zero-order valence-electron chi connectivity index (χ0n) is 9.70. The van der Waals surface area contributed by atoms with Crippen LogP contribution < -0.4 is 0 Å². The van der Waals surface area contributed by atoms with Gasteiger partial charge in [-0.05, 0) is 41.7 Å². The van der Waals surface area contributed by atoms with Crippen LogP contribution in [0, 0.1) is 5.82 Å². The van der Waals surface area contributed by atoms with E-state index < -0.39 is 0 Å². The van der Waals surface area contributed by atoms with Crippen molar-refractivity contribution in [1.29, 1.82) is 0 Å². The molecule has 0 spiro atoms. The molecule has 2 rings (SSSR count). The lowest BCUT2D eigenvalue weighted by molar-refractivity contribution is 0.610. The largest absolute Gasteiger partial charge is 0.207 e. The Kier molecular flexibility index (Phi) is 3.71. The Morgan fingerprint density at radius 1 is 1.00 bits per heavy atom. The van der Waals surface area contributed by atoms with E-state index in [1.165, 1.54) is 0 Å². The molecule has 2 aromatic rings. The standard InChI is InChI=1S/C16H15F/c1-2-3-7-15-12-14(10-11-16(15)17)13-8-5-4-6-9-13/h2,4-6,8-12H,1,3,7H2. The first-order valence-electron chi connectivity index (χ1n) is 5.76. The van der Waals surface area contributed by atoms with Gasteiger partial charge in [-0.1, -0.05) is 42.5 Å². The Hall–Kier alpha value is -1.89. The highest BCUT2D eigenvalue weighted by Gasteiger charge is 2.04. The van der Waals surface area contributed by atoms with Gasteiger partial charge in [0.05, 0.1) is 0 Å². The van der Waals surface area contributed by atoms with Crippen molar-refractivity contribution in [1.82, 2.24) is 0 Å². The molecular formula is C16H15F. The van der Waals surface area contributed by atoms with Gasteiger partial charge in [0.25, 0.3) is 0 Å². The van der Waals surface area contributed by atoms with E-state index in [9.17, 15) is 4.39 Å². The molecule has 0 atom stereocenters. The number of benzene rings is 2. The van der Waals surface area contributed by atoms with E-state index in [0.29, 0.717) is 6.42 Å². The number of halogens is 1. The minimum absolute atomic E-state index is 0.133. The molecule has 0 bridgehead atoms. The van der Waals surface area contributed by atoms with Crippen LogP contribution in [0.5, 0.6) is 0 Å². The van der Waals surface area contributed by atoms with E-state index in [4.69, 9.17) is 0 Å². The van der Waals surface area contributed by atoms with Gasteiger partial charge >= 0.3 is 0 Å². The second-order valence-electron chi connectivity index (χ2n) is 4.00. The van der Waals surface area contributed by atoms with Crippen molar-refractivity contribution in [3.05, 3.63) is 72.6 Å². The van der Waals surface area contributed by atoms with Gasteiger partial charge in [-0.15, -0.1) is 6.58 Å². The third-order valence-electron chi connectivity index (χ3n) is 2.77. The van der Waals surface area contributed by atoms with Crippen LogP contribution >= 0.6 is 0 Å². The number of allylic oxidation sites excluding steroid dienone is 1. The third-order valence-corrected chi connectivity index (χ3v) is 2.77. The lowest BCUT2D eigenvalue weighted by Crippen LogP contribution is -1.91. The van der Waals surface area contributed by atoms with Crippen LogP contribution in [-0.2, 0) is 6.42 Å². The quantitative estimate of drug-likeness (QED) is 0.668. The minimum atomic E-state index is -0.133. The fourth-order valence-corrected chi connectivity index (χ4v) is 1.83. The van der Waals surface area contributed by atoms with Gasteiger partial charge in [-0.3, -0.25) is 0 Å². The maximum absolute atomic E-state index is 13.6. The minimum Gasteiger partial charge on any atom is -0.207 e. The highest BCUT2D eigenvalue weighted by molar-refractivity contribution is 5.64. The van der Waals surface area contributed by atoms with E-state index in [0.717, 1.165) is 23.1 Å². The second kappa shape index (κ2) is 5.44. The molecule has 17 heavy (non-hydrogen) atoms. The Labute approximate surface area is 101 Å². The van der Waals surface area contributed by atoms with Crippen LogP contribution in [0.1, 0.15) is 12.0 Å². The molecule has 2 aromatic carbocycles. The summed E-state index contributed by atoms with van der Waals surface area (Å²) in [4.78, 5) is 0. The second-order valence-corrected chi connectivity index (χ2v) is 4.00. The highest BCUT2D eigenvalue weighted by Crippen LogP contribution is 2.22. The van der Waals surface area contributed by atoms with Crippen molar-refractivity contribution in [2.75, 3.05) is 0 Å². The SMILES string of the molecule is C=CCCc1cc(-c2ccccc2)ccc1F. The van der Waals surface area contributed by atoms with Gasteiger partial charge in [-0.25, -0.2) is 4.39 Å². The van der Waals surface area contributed by atoms with E-state index in [1.54, 1.807) is 6.07 Å². The Balaban J connectivity index is 2.34. The van der Waals surface area contributed by atoms with Gasteiger partial charge in [0.15, 0.2) is 0 Å². The average molecular weight is 226 g/mol. The highest BCUT2D eigenvalue weighted by atomic mass is 19.1. The fraction of sp³-hybridized carbons (Fsp3) is 0.125. The first-order chi connectivity index (χ1) is 8.31. The maximum atomic E-state index is 13.6. The van der Waals surface area contributed by atoms with Crippen molar-refractivity contribution >= 4 is 0 Å². The molecule has 1 heteroatoms. The average Bonchev–Trinajstić information content (AvgIpc) is 2.39. The van der Waals surface area contributed by atoms with Gasteiger partial charge in [0, 0.05) is 0 Å². The third kappa shape index (κ3) is 2.82. The summed E-state index contributed by atoms with van der Waals surface area (Å²) in [6, 6.07) is 15.3. The molecule has 0 saturated heterocycles. The van der Waals surface area contributed by atoms with Crippen LogP contribution in [0.15, 0.2) is 61.2 Å². The zero-order valence-corrected chi connectivity index (χ0v) is 9.70. The molecule has 0 radical (unpaired) electrons. The normalized spacial score (nSPS) is 10.2. The molecule has 0 aromatic heterocycles. The molecule has 86 valence electrons. The Morgan fingerprint density at radius 2 is 1.76 bits per heavy atom. The molecule has 0 heterocycles. The summed E-state index contributed by atoms with van der Waals surface area (Å²) in [5, 5.41) is 0. The van der Waals surface area contributed by atoms with E-state index >= 15 is 0 Å². The van der Waals surface area contributed by atoms with Crippen molar-refractivity contribution in [3.63, 3.8) is 0 Å². The van der Waals surface area contributed by atoms with Crippen LogP contribution in [-0.4, -0.2) is 0 Å². The summed E-state index contributed by atoms with van der Waals surface area (Å²) < 4.78 is 13.6. The molecule has 0 fully saturated rings. The number of hydrogen-bond acceptors (Lipinski definition) is 0. The summed E-state index contributed by atoms with van der Waals surface area (Å²) in [6.45, 7) is 3.66. The van der Waals surface area contributed by atoms with Crippen LogP contribution in [0.2, 0.25) is 0 Å². The van der Waals surface area contributed by atoms with Crippen LogP contribution in [0.3, 0.4) is 0 Å². The summed E-state index contributed by atoms with van der Waals surface area (Å²) in [5.74, 6) is -0.133. The molecular weight excluding hydrogens is 211 g/mol. The molecule has 0 nitrogen and oxygen atoms in total. The topological polar surface area (TPSA) is 0 Å². The van der Waals surface area contributed by atoms with Gasteiger partial charge in [0.2, 0.25) is 0 Å². The number of rotatable bonds is 4. The molecule has 0 N–H and O–H groups in total. The molecule has 0 aliphatic carbocycles. The van der Waals surface area contributed by atoms with Crippen molar-refractivity contribution in [3.8, 4) is 11.1 Å². The smallest absolute Gasteiger partial charge is 0.126 e. The van der Waals surface area contributed by atoms with Crippen molar-refractivity contribution in [2.45, 2.75) is 12.8 Å². The van der Waals surface area contributed by atoms with E-state index in [-0.39, 0.29) is 5.82 Å². The fourth-order valence-electron chi connectivity index (χ4n) is 1.83. The monoisotopic (exact) mass is 226 g/mol. The number of hydrogen-bond donors (Lipinski definition) is 0. The summed E-state index contributed by atoms with van der Waals surface area (Å²) in [5.41, 5.74) is 2.93. The van der Waals surface area contributed by atoms with Crippen LogP contribution in [0.4, 0.5) is 4.39 Å². The molecule has 0 aliphatic heterocycles. The predicted octanol–water partition coefficient (Wildman–Crippen LogP) is 4.61. The molecule has 0 aliphatic rings. The van der Waals surface area contributed by atoms with Gasteiger partial charge < -0.3 is 0 Å².